The van der Waals surface area contributed by atoms with E-state index in [1.54, 1.807) is 0 Å². The zero-order valence-corrected chi connectivity index (χ0v) is 16.5. The summed E-state index contributed by atoms with van der Waals surface area (Å²) in [7, 11) is 0. The molecule has 4 rings (SSSR count). The number of imidazole rings is 1. The van der Waals surface area contributed by atoms with Crippen LogP contribution >= 0.6 is 0 Å². The highest BCUT2D eigenvalue weighted by molar-refractivity contribution is 5.74. The van der Waals surface area contributed by atoms with Gasteiger partial charge in [0.15, 0.2) is 0 Å². The maximum atomic E-state index is 9.09. The molecule has 8 nitrogen and oxygen atoms in total. The van der Waals surface area contributed by atoms with E-state index in [0.717, 1.165) is 61.1 Å². The second kappa shape index (κ2) is 8.20. The van der Waals surface area contributed by atoms with Gasteiger partial charge in [0.1, 0.15) is 5.52 Å². The second-order valence-electron chi connectivity index (χ2n) is 7.49. The van der Waals surface area contributed by atoms with Gasteiger partial charge in [-0.25, -0.2) is 15.0 Å². The van der Waals surface area contributed by atoms with Crippen LogP contribution in [-0.4, -0.2) is 73.8 Å². The standard InChI is InChI=1S/C20H27N7O/c1-15(2)27-14-23-18-13-22-17(12-19(18)27)11-16-3-4-21-20(24-16)26-7-5-25(6-8-26)9-10-28/h3-4,12-15,28H,5-11H2,1-2H3. The van der Waals surface area contributed by atoms with Crippen molar-refractivity contribution in [3.63, 3.8) is 0 Å². The molecule has 0 aliphatic carbocycles. The molecule has 4 heterocycles. The van der Waals surface area contributed by atoms with Gasteiger partial charge in [-0.1, -0.05) is 0 Å². The highest BCUT2D eigenvalue weighted by Gasteiger charge is 2.19. The Morgan fingerprint density at radius 1 is 1.07 bits per heavy atom. The number of pyridine rings is 1. The predicted octanol–water partition coefficient (Wildman–Crippen LogP) is 1.51. The van der Waals surface area contributed by atoms with Crippen LogP contribution in [0.5, 0.6) is 0 Å². The summed E-state index contributed by atoms with van der Waals surface area (Å²) in [4.78, 5) is 22.7. The number of rotatable bonds is 6. The molecule has 8 heteroatoms. The molecule has 1 aliphatic heterocycles. The van der Waals surface area contributed by atoms with Crippen LogP contribution in [0.3, 0.4) is 0 Å². The Hall–Kier alpha value is -2.58. The van der Waals surface area contributed by atoms with Crippen LogP contribution in [-0.2, 0) is 6.42 Å². The summed E-state index contributed by atoms with van der Waals surface area (Å²) in [6, 6.07) is 4.42. The van der Waals surface area contributed by atoms with Gasteiger partial charge in [-0.15, -0.1) is 0 Å². The number of hydrogen-bond donors (Lipinski definition) is 1. The number of nitrogens with zero attached hydrogens (tertiary/aromatic N) is 7. The molecule has 148 valence electrons. The minimum Gasteiger partial charge on any atom is -0.395 e. The summed E-state index contributed by atoms with van der Waals surface area (Å²) in [6.45, 7) is 8.84. The van der Waals surface area contributed by atoms with Crippen molar-refractivity contribution >= 4 is 17.0 Å². The third-order valence-corrected chi connectivity index (χ3v) is 5.21. The van der Waals surface area contributed by atoms with Crippen molar-refractivity contribution in [1.82, 2.24) is 29.4 Å². The van der Waals surface area contributed by atoms with Crippen molar-refractivity contribution in [2.45, 2.75) is 26.3 Å². The van der Waals surface area contributed by atoms with E-state index in [1.807, 2.05) is 24.8 Å². The zero-order chi connectivity index (χ0) is 19.5. The van der Waals surface area contributed by atoms with Gasteiger partial charge in [-0.2, -0.15) is 0 Å². The van der Waals surface area contributed by atoms with Crippen LogP contribution in [0.4, 0.5) is 5.95 Å². The van der Waals surface area contributed by atoms with Crippen molar-refractivity contribution in [2.24, 2.45) is 0 Å². The predicted molar refractivity (Wildman–Crippen MR) is 108 cm³/mol. The monoisotopic (exact) mass is 381 g/mol. The Labute approximate surface area is 164 Å². The lowest BCUT2D eigenvalue weighted by Gasteiger charge is -2.34. The van der Waals surface area contributed by atoms with Gasteiger partial charge in [0.25, 0.3) is 0 Å². The van der Waals surface area contributed by atoms with Crippen molar-refractivity contribution in [2.75, 3.05) is 44.2 Å². The SMILES string of the molecule is CC(C)n1cnc2cnc(Cc3ccnc(N4CCN(CCO)CC4)n3)cc21. The van der Waals surface area contributed by atoms with Gasteiger partial charge in [0.05, 0.1) is 30.3 Å². The van der Waals surface area contributed by atoms with Gasteiger partial charge in [-0.05, 0) is 26.0 Å². The van der Waals surface area contributed by atoms with Crippen molar-refractivity contribution in [3.05, 3.63) is 42.2 Å². The first kappa shape index (κ1) is 18.8. The molecule has 28 heavy (non-hydrogen) atoms. The fourth-order valence-corrected chi connectivity index (χ4v) is 3.61. The van der Waals surface area contributed by atoms with E-state index >= 15 is 0 Å². The topological polar surface area (TPSA) is 83.2 Å². The molecule has 0 spiro atoms. The molecule has 0 saturated carbocycles. The summed E-state index contributed by atoms with van der Waals surface area (Å²) in [5, 5.41) is 9.09. The van der Waals surface area contributed by atoms with Gasteiger partial charge in [0, 0.05) is 57.1 Å². The first-order chi connectivity index (χ1) is 13.6. The van der Waals surface area contributed by atoms with E-state index in [4.69, 9.17) is 10.1 Å². The molecule has 1 fully saturated rings. The van der Waals surface area contributed by atoms with E-state index in [9.17, 15) is 0 Å². The number of aliphatic hydroxyl groups is 1. The number of aromatic nitrogens is 5. The fourth-order valence-electron chi connectivity index (χ4n) is 3.61. The van der Waals surface area contributed by atoms with Crippen molar-refractivity contribution < 1.29 is 5.11 Å². The lowest BCUT2D eigenvalue weighted by molar-refractivity contribution is 0.188. The number of aliphatic hydroxyl groups excluding tert-OH is 1. The quantitative estimate of drug-likeness (QED) is 0.693. The number of hydrogen-bond acceptors (Lipinski definition) is 7. The van der Waals surface area contributed by atoms with Crippen molar-refractivity contribution in [3.8, 4) is 0 Å². The Balaban J connectivity index is 1.49. The smallest absolute Gasteiger partial charge is 0.225 e. The zero-order valence-electron chi connectivity index (χ0n) is 16.5. The Morgan fingerprint density at radius 3 is 2.64 bits per heavy atom. The van der Waals surface area contributed by atoms with Crippen LogP contribution in [0.15, 0.2) is 30.9 Å². The van der Waals surface area contributed by atoms with Gasteiger partial charge >= 0.3 is 0 Å². The molecule has 1 N–H and O–H groups in total. The van der Waals surface area contributed by atoms with E-state index in [0.29, 0.717) is 12.5 Å². The summed E-state index contributed by atoms with van der Waals surface area (Å²) in [5.74, 6) is 0.773. The number of piperazine rings is 1. The number of fused-ring (bicyclic) bond motifs is 1. The molecule has 0 radical (unpaired) electrons. The molecule has 1 aliphatic rings. The third kappa shape index (κ3) is 3.98. The lowest BCUT2D eigenvalue weighted by atomic mass is 10.2. The van der Waals surface area contributed by atoms with Gasteiger partial charge in [0.2, 0.25) is 5.95 Å². The summed E-state index contributed by atoms with van der Waals surface area (Å²) in [6.07, 6.45) is 6.21. The molecular formula is C20H27N7O. The van der Waals surface area contributed by atoms with Crippen LogP contribution < -0.4 is 4.90 Å². The molecule has 0 aromatic carbocycles. The van der Waals surface area contributed by atoms with Crippen LogP contribution in [0, 0.1) is 0 Å². The van der Waals surface area contributed by atoms with Crippen LogP contribution in [0.2, 0.25) is 0 Å². The highest BCUT2D eigenvalue weighted by Crippen LogP contribution is 2.19. The molecule has 3 aromatic rings. The minimum absolute atomic E-state index is 0.207. The minimum atomic E-state index is 0.207. The molecular weight excluding hydrogens is 354 g/mol. The number of anilines is 1. The maximum Gasteiger partial charge on any atom is 0.225 e. The van der Waals surface area contributed by atoms with Gasteiger partial charge < -0.3 is 14.6 Å². The molecule has 3 aromatic heterocycles. The molecule has 0 amide bonds. The fraction of sp³-hybridized carbons (Fsp3) is 0.500. The Morgan fingerprint density at radius 2 is 1.89 bits per heavy atom. The van der Waals surface area contributed by atoms with Gasteiger partial charge in [-0.3, -0.25) is 9.88 Å². The number of β-amino-alcohol motifs (C(OH)–C–C–N with tert-alkyl or cyclic N) is 1. The largest absolute Gasteiger partial charge is 0.395 e. The molecule has 0 bridgehead atoms. The Kier molecular flexibility index (Phi) is 5.50. The molecule has 1 saturated heterocycles. The summed E-state index contributed by atoms with van der Waals surface area (Å²) in [5.41, 5.74) is 3.97. The Bertz CT molecular complexity index is 931. The average Bonchev–Trinajstić information content (AvgIpc) is 3.13. The normalized spacial score (nSPS) is 15.6. The van der Waals surface area contributed by atoms with E-state index in [1.165, 1.54) is 0 Å². The second-order valence-corrected chi connectivity index (χ2v) is 7.49. The highest BCUT2D eigenvalue weighted by atomic mass is 16.3. The van der Waals surface area contributed by atoms with E-state index < -0.39 is 0 Å². The first-order valence-corrected chi connectivity index (χ1v) is 9.85. The average molecular weight is 381 g/mol. The maximum absolute atomic E-state index is 9.09. The van der Waals surface area contributed by atoms with E-state index in [-0.39, 0.29) is 6.61 Å². The lowest BCUT2D eigenvalue weighted by Crippen LogP contribution is -2.47. The van der Waals surface area contributed by atoms with Crippen molar-refractivity contribution in [1.29, 1.82) is 0 Å². The van der Waals surface area contributed by atoms with E-state index in [2.05, 4.69) is 49.2 Å². The summed E-state index contributed by atoms with van der Waals surface area (Å²) < 4.78 is 2.16. The first-order valence-electron chi connectivity index (χ1n) is 9.85. The third-order valence-electron chi connectivity index (χ3n) is 5.21. The molecule has 0 unspecified atom stereocenters. The summed E-state index contributed by atoms with van der Waals surface area (Å²) >= 11 is 0. The van der Waals surface area contributed by atoms with Crippen LogP contribution in [0.25, 0.3) is 11.0 Å². The molecule has 0 atom stereocenters. The van der Waals surface area contributed by atoms with Crippen LogP contribution in [0.1, 0.15) is 31.3 Å².